The van der Waals surface area contributed by atoms with Gasteiger partial charge in [0.2, 0.25) is 5.91 Å². The Hall–Kier alpha value is -1.72. The number of nitrogens with two attached hydrogens (primary N) is 1. The molecule has 5 heteroatoms. The minimum absolute atomic E-state index is 0.0222. The molecule has 0 fully saturated rings. The molecule has 2 aromatic rings. The van der Waals surface area contributed by atoms with E-state index in [9.17, 15) is 4.79 Å². The molecule has 4 nitrogen and oxygen atoms in total. The first-order valence-electron chi connectivity index (χ1n) is 6.92. The normalized spacial score (nSPS) is 13.0. The molecule has 112 valence electrons. The second-order valence-electron chi connectivity index (χ2n) is 6.07. The molecule has 21 heavy (non-hydrogen) atoms. The zero-order valence-corrected chi connectivity index (χ0v) is 13.4. The number of carbonyl (C=O) groups is 1. The number of benzene rings is 1. The Morgan fingerprint density at radius 2 is 2.00 bits per heavy atom. The number of hydrogen-bond acceptors (Lipinski definition) is 4. The van der Waals surface area contributed by atoms with E-state index in [0.717, 1.165) is 11.3 Å². The average Bonchev–Trinajstić information content (AvgIpc) is 2.88. The van der Waals surface area contributed by atoms with Crippen molar-refractivity contribution < 1.29 is 4.79 Å². The molecule has 0 spiro atoms. The van der Waals surface area contributed by atoms with Gasteiger partial charge in [-0.25, -0.2) is 4.98 Å². The maximum absolute atomic E-state index is 12.1. The van der Waals surface area contributed by atoms with Gasteiger partial charge in [-0.3, -0.25) is 4.79 Å². The first kappa shape index (κ1) is 15.7. The highest BCUT2D eigenvalue weighted by molar-refractivity contribution is 7.13. The Labute approximate surface area is 129 Å². The number of aromatic nitrogens is 1. The fourth-order valence-corrected chi connectivity index (χ4v) is 2.77. The van der Waals surface area contributed by atoms with Crippen LogP contribution in [0.3, 0.4) is 0 Å². The summed E-state index contributed by atoms with van der Waals surface area (Å²) in [6.45, 7) is 6.28. The lowest BCUT2D eigenvalue weighted by molar-refractivity contribution is -0.117. The summed E-state index contributed by atoms with van der Waals surface area (Å²) in [6.07, 6.45) is 0.518. The number of hydrogen-bond donors (Lipinski definition) is 2. The van der Waals surface area contributed by atoms with Crippen LogP contribution in [0.4, 0.5) is 5.13 Å². The summed E-state index contributed by atoms with van der Waals surface area (Å²) in [4.78, 5) is 16.5. The third-order valence-electron chi connectivity index (χ3n) is 3.14. The Morgan fingerprint density at radius 1 is 1.33 bits per heavy atom. The number of carbonyl (C=O) groups excluding carboxylic acids is 1. The Bertz CT molecular complexity index is 601. The Morgan fingerprint density at radius 3 is 2.57 bits per heavy atom. The average molecular weight is 303 g/mol. The summed E-state index contributed by atoms with van der Waals surface area (Å²) in [5.41, 5.74) is 7.95. The molecule has 1 amide bonds. The maximum Gasteiger partial charge on any atom is 0.243 e. The minimum Gasteiger partial charge on any atom is -0.320 e. The lowest BCUT2D eigenvalue weighted by atomic mass is 9.93. The van der Waals surface area contributed by atoms with E-state index in [1.807, 2.05) is 35.7 Å². The molecule has 0 saturated carbocycles. The first-order valence-corrected chi connectivity index (χ1v) is 7.80. The molecule has 1 aromatic heterocycles. The summed E-state index contributed by atoms with van der Waals surface area (Å²) in [5.74, 6) is -0.200. The van der Waals surface area contributed by atoms with E-state index in [4.69, 9.17) is 5.73 Å². The second kappa shape index (κ2) is 6.37. The lowest BCUT2D eigenvalue weighted by Crippen LogP contribution is -2.37. The molecule has 2 rings (SSSR count). The molecule has 1 atom stereocenters. The smallest absolute Gasteiger partial charge is 0.243 e. The van der Waals surface area contributed by atoms with Crippen molar-refractivity contribution in [2.45, 2.75) is 38.6 Å². The van der Waals surface area contributed by atoms with Crippen LogP contribution >= 0.6 is 11.3 Å². The van der Waals surface area contributed by atoms with E-state index in [1.165, 1.54) is 11.3 Å². The van der Waals surface area contributed by atoms with Crippen LogP contribution in [-0.4, -0.2) is 16.9 Å². The van der Waals surface area contributed by atoms with Crippen LogP contribution in [-0.2, 0) is 16.6 Å². The van der Waals surface area contributed by atoms with Gasteiger partial charge < -0.3 is 11.1 Å². The summed E-state index contributed by atoms with van der Waals surface area (Å²) >= 11 is 1.43. The van der Waals surface area contributed by atoms with Crippen LogP contribution in [0.15, 0.2) is 35.7 Å². The molecule has 0 aliphatic heterocycles. The molecule has 0 aliphatic rings. The van der Waals surface area contributed by atoms with Crippen LogP contribution in [0, 0.1) is 0 Å². The highest BCUT2D eigenvalue weighted by Crippen LogP contribution is 2.26. The van der Waals surface area contributed by atoms with E-state index in [-0.39, 0.29) is 11.3 Å². The van der Waals surface area contributed by atoms with Crippen LogP contribution in [0.2, 0.25) is 0 Å². The standard InChI is InChI=1S/C16H21N3OS/c1-16(2,3)13-10-21-15(18-13)19-14(20)12(17)9-11-7-5-4-6-8-11/h4-8,10,12H,9,17H2,1-3H3,(H,18,19,20)/t12-/m1/s1. The van der Waals surface area contributed by atoms with Crippen molar-refractivity contribution in [1.29, 1.82) is 0 Å². The topological polar surface area (TPSA) is 68.0 Å². The van der Waals surface area contributed by atoms with Crippen molar-refractivity contribution in [3.05, 3.63) is 47.0 Å². The predicted molar refractivity (Wildman–Crippen MR) is 87.6 cm³/mol. The van der Waals surface area contributed by atoms with Gasteiger partial charge in [0.1, 0.15) is 0 Å². The highest BCUT2D eigenvalue weighted by atomic mass is 32.1. The zero-order chi connectivity index (χ0) is 15.5. The molecule has 1 aromatic carbocycles. The predicted octanol–water partition coefficient (Wildman–Crippen LogP) is 2.95. The summed E-state index contributed by atoms with van der Waals surface area (Å²) < 4.78 is 0. The van der Waals surface area contributed by atoms with Crippen molar-refractivity contribution in [2.24, 2.45) is 5.73 Å². The summed E-state index contributed by atoms with van der Waals surface area (Å²) in [5, 5.41) is 5.37. The number of nitrogens with zero attached hydrogens (tertiary/aromatic N) is 1. The van der Waals surface area contributed by atoms with E-state index < -0.39 is 6.04 Å². The van der Waals surface area contributed by atoms with Crippen molar-refractivity contribution in [1.82, 2.24) is 4.98 Å². The third kappa shape index (κ3) is 4.37. The molecular formula is C16H21N3OS. The van der Waals surface area contributed by atoms with Crippen molar-refractivity contribution in [3.63, 3.8) is 0 Å². The van der Waals surface area contributed by atoms with E-state index in [0.29, 0.717) is 11.6 Å². The Balaban J connectivity index is 1.96. The molecule has 0 bridgehead atoms. The first-order chi connectivity index (χ1) is 9.86. The van der Waals surface area contributed by atoms with Gasteiger partial charge in [0, 0.05) is 10.8 Å². The van der Waals surface area contributed by atoms with Gasteiger partial charge in [-0.05, 0) is 12.0 Å². The second-order valence-corrected chi connectivity index (χ2v) is 6.93. The number of thiazole rings is 1. The minimum atomic E-state index is -0.575. The van der Waals surface area contributed by atoms with Gasteiger partial charge in [-0.1, -0.05) is 51.1 Å². The number of nitrogens with one attached hydrogen (secondary N) is 1. The SMILES string of the molecule is CC(C)(C)c1csc(NC(=O)[C@H](N)Cc2ccccc2)n1. The van der Waals surface area contributed by atoms with E-state index in [1.54, 1.807) is 0 Å². The molecule has 1 heterocycles. The lowest BCUT2D eigenvalue weighted by Gasteiger charge is -2.14. The molecular weight excluding hydrogens is 282 g/mol. The molecule has 0 saturated heterocycles. The fourth-order valence-electron chi connectivity index (χ4n) is 1.83. The van der Waals surface area contributed by atoms with E-state index >= 15 is 0 Å². The van der Waals surface area contributed by atoms with Gasteiger partial charge in [-0.15, -0.1) is 11.3 Å². The van der Waals surface area contributed by atoms with Gasteiger partial charge >= 0.3 is 0 Å². The number of anilines is 1. The van der Waals surface area contributed by atoms with Gasteiger partial charge in [0.25, 0.3) is 0 Å². The van der Waals surface area contributed by atoms with Crippen molar-refractivity contribution in [3.8, 4) is 0 Å². The largest absolute Gasteiger partial charge is 0.320 e. The van der Waals surface area contributed by atoms with Crippen molar-refractivity contribution >= 4 is 22.4 Å². The molecule has 0 unspecified atom stereocenters. The fraction of sp³-hybridized carbons (Fsp3) is 0.375. The van der Waals surface area contributed by atoms with Crippen LogP contribution < -0.4 is 11.1 Å². The molecule has 0 aliphatic carbocycles. The maximum atomic E-state index is 12.1. The number of amides is 1. The third-order valence-corrected chi connectivity index (χ3v) is 3.90. The van der Waals surface area contributed by atoms with Gasteiger partial charge in [-0.2, -0.15) is 0 Å². The van der Waals surface area contributed by atoms with Crippen LogP contribution in [0.5, 0.6) is 0 Å². The van der Waals surface area contributed by atoms with Gasteiger partial charge in [0.15, 0.2) is 5.13 Å². The monoisotopic (exact) mass is 303 g/mol. The van der Waals surface area contributed by atoms with E-state index in [2.05, 4.69) is 31.1 Å². The van der Waals surface area contributed by atoms with Gasteiger partial charge in [0.05, 0.1) is 11.7 Å². The highest BCUT2D eigenvalue weighted by Gasteiger charge is 2.20. The van der Waals surface area contributed by atoms with Crippen LogP contribution in [0.25, 0.3) is 0 Å². The summed E-state index contributed by atoms with van der Waals surface area (Å²) in [7, 11) is 0. The molecule has 3 N–H and O–H groups in total. The van der Waals surface area contributed by atoms with Crippen molar-refractivity contribution in [2.75, 3.05) is 5.32 Å². The van der Waals surface area contributed by atoms with Crippen LogP contribution in [0.1, 0.15) is 32.0 Å². The zero-order valence-electron chi connectivity index (χ0n) is 12.6. The quantitative estimate of drug-likeness (QED) is 0.912. The molecule has 0 radical (unpaired) electrons. The summed E-state index contributed by atoms with van der Waals surface area (Å²) in [6, 6.07) is 9.18. The Kier molecular flexibility index (Phi) is 4.75. The number of rotatable bonds is 4.